The summed E-state index contributed by atoms with van der Waals surface area (Å²) in [5, 5.41) is 3.00. The molecule has 2 aliphatic rings. The van der Waals surface area contributed by atoms with Crippen molar-refractivity contribution < 1.29 is 9.59 Å². The van der Waals surface area contributed by atoms with E-state index in [9.17, 15) is 9.59 Å². The molecule has 2 rings (SSSR count). The maximum Gasteiger partial charge on any atom is 0.248 e. The fraction of sp³-hybridized carbons (Fsp3) is 0.857. The number of hydrogen-bond acceptors (Lipinski definition) is 2. The number of carbonyl (C=O) groups is 2. The van der Waals surface area contributed by atoms with Crippen LogP contribution >= 0.6 is 0 Å². The van der Waals surface area contributed by atoms with E-state index >= 15 is 0 Å². The molecule has 4 nitrogen and oxygen atoms in total. The summed E-state index contributed by atoms with van der Waals surface area (Å²) in [6, 6.07) is 0.197. The number of nitrogens with one attached hydrogen (secondary N) is 1. The first-order valence-corrected chi connectivity index (χ1v) is 7.08. The molecule has 102 valence electrons. The van der Waals surface area contributed by atoms with E-state index in [0.29, 0.717) is 18.9 Å². The Bertz CT molecular complexity index is 346. The SMILES string of the molecule is CC(C)C(C)N1CCC(=O)NC2(CCCC2)C1=O. The Morgan fingerprint density at radius 1 is 1.17 bits per heavy atom. The van der Waals surface area contributed by atoms with Gasteiger partial charge >= 0.3 is 0 Å². The third-order valence-electron chi connectivity index (χ3n) is 4.54. The molecule has 2 amide bonds. The summed E-state index contributed by atoms with van der Waals surface area (Å²) in [4.78, 5) is 26.5. The summed E-state index contributed by atoms with van der Waals surface area (Å²) in [7, 11) is 0. The van der Waals surface area contributed by atoms with Gasteiger partial charge in [-0.2, -0.15) is 0 Å². The highest BCUT2D eigenvalue weighted by atomic mass is 16.2. The minimum atomic E-state index is -0.587. The fourth-order valence-electron chi connectivity index (χ4n) is 3.05. The second-order valence-corrected chi connectivity index (χ2v) is 6.07. The molecule has 1 N–H and O–H groups in total. The van der Waals surface area contributed by atoms with Gasteiger partial charge in [-0.25, -0.2) is 0 Å². The molecule has 2 fully saturated rings. The van der Waals surface area contributed by atoms with Crippen LogP contribution in [-0.4, -0.2) is 34.8 Å². The van der Waals surface area contributed by atoms with E-state index < -0.39 is 5.54 Å². The third-order valence-corrected chi connectivity index (χ3v) is 4.54. The van der Waals surface area contributed by atoms with Gasteiger partial charge in [-0.05, 0) is 25.7 Å². The zero-order chi connectivity index (χ0) is 13.3. The minimum absolute atomic E-state index is 0.0312. The predicted octanol–water partition coefficient (Wildman–Crippen LogP) is 1.69. The van der Waals surface area contributed by atoms with Crippen LogP contribution in [0.1, 0.15) is 52.9 Å². The van der Waals surface area contributed by atoms with E-state index in [1.54, 1.807) is 0 Å². The van der Waals surface area contributed by atoms with E-state index in [2.05, 4.69) is 26.1 Å². The molecule has 1 aliphatic heterocycles. The van der Waals surface area contributed by atoms with Crippen LogP contribution in [0.2, 0.25) is 0 Å². The Morgan fingerprint density at radius 3 is 2.33 bits per heavy atom. The zero-order valence-corrected chi connectivity index (χ0v) is 11.7. The molecule has 4 heteroatoms. The van der Waals surface area contributed by atoms with Crippen LogP contribution in [-0.2, 0) is 9.59 Å². The van der Waals surface area contributed by atoms with Crippen LogP contribution in [0.5, 0.6) is 0 Å². The molecule has 18 heavy (non-hydrogen) atoms. The first-order valence-electron chi connectivity index (χ1n) is 7.08. The monoisotopic (exact) mass is 252 g/mol. The molecule has 1 spiro atoms. The normalized spacial score (nSPS) is 25.4. The highest BCUT2D eigenvalue weighted by molar-refractivity contribution is 5.94. The van der Waals surface area contributed by atoms with Crippen LogP contribution in [0.25, 0.3) is 0 Å². The van der Waals surface area contributed by atoms with Crippen LogP contribution in [0.15, 0.2) is 0 Å². The summed E-state index contributed by atoms with van der Waals surface area (Å²) >= 11 is 0. The zero-order valence-electron chi connectivity index (χ0n) is 11.7. The Balaban J connectivity index is 2.26. The van der Waals surface area contributed by atoms with Crippen molar-refractivity contribution in [2.45, 2.75) is 64.5 Å². The van der Waals surface area contributed by atoms with Gasteiger partial charge in [0.15, 0.2) is 0 Å². The van der Waals surface area contributed by atoms with Crippen molar-refractivity contribution in [1.29, 1.82) is 0 Å². The highest BCUT2D eigenvalue weighted by Crippen LogP contribution is 2.34. The van der Waals surface area contributed by atoms with Gasteiger partial charge in [-0.1, -0.05) is 26.7 Å². The lowest BCUT2D eigenvalue weighted by molar-refractivity contribution is -0.141. The average molecular weight is 252 g/mol. The lowest BCUT2D eigenvalue weighted by Crippen LogP contribution is -2.57. The Morgan fingerprint density at radius 2 is 1.78 bits per heavy atom. The third kappa shape index (κ3) is 2.25. The van der Waals surface area contributed by atoms with E-state index in [1.165, 1.54) is 0 Å². The molecular formula is C14H24N2O2. The maximum absolute atomic E-state index is 12.8. The largest absolute Gasteiger partial charge is 0.342 e. The molecule has 1 saturated carbocycles. The van der Waals surface area contributed by atoms with Gasteiger partial charge in [0, 0.05) is 19.0 Å². The molecule has 1 aliphatic carbocycles. The quantitative estimate of drug-likeness (QED) is 0.813. The summed E-state index contributed by atoms with van der Waals surface area (Å²) in [5.74, 6) is 0.594. The topological polar surface area (TPSA) is 49.4 Å². The smallest absolute Gasteiger partial charge is 0.248 e. The number of nitrogens with zero attached hydrogens (tertiary/aromatic N) is 1. The first kappa shape index (κ1) is 13.4. The van der Waals surface area contributed by atoms with Crippen LogP contribution < -0.4 is 5.32 Å². The van der Waals surface area contributed by atoms with Crippen LogP contribution in [0.3, 0.4) is 0 Å². The molecule has 1 unspecified atom stereocenters. The maximum atomic E-state index is 12.8. The number of carbonyl (C=O) groups excluding carboxylic acids is 2. The number of rotatable bonds is 2. The summed E-state index contributed by atoms with van der Waals surface area (Å²) in [5.41, 5.74) is -0.587. The van der Waals surface area contributed by atoms with Gasteiger partial charge in [0.05, 0.1) is 0 Å². The molecule has 0 bridgehead atoms. The van der Waals surface area contributed by atoms with Crippen molar-refractivity contribution in [3.05, 3.63) is 0 Å². The molecule has 0 radical (unpaired) electrons. The van der Waals surface area contributed by atoms with Crippen LogP contribution in [0, 0.1) is 5.92 Å². The Hall–Kier alpha value is -1.06. The highest BCUT2D eigenvalue weighted by Gasteiger charge is 2.47. The standard InChI is InChI=1S/C14H24N2O2/c1-10(2)11(3)16-9-6-12(17)15-14(13(16)18)7-4-5-8-14/h10-11H,4-9H2,1-3H3,(H,15,17). The number of amides is 2. The van der Waals surface area contributed by atoms with Gasteiger partial charge in [-0.3, -0.25) is 9.59 Å². The van der Waals surface area contributed by atoms with Gasteiger partial charge in [0.1, 0.15) is 5.54 Å². The minimum Gasteiger partial charge on any atom is -0.342 e. The van der Waals surface area contributed by atoms with Crippen molar-refractivity contribution >= 4 is 11.8 Å². The van der Waals surface area contributed by atoms with Crippen molar-refractivity contribution in [1.82, 2.24) is 10.2 Å². The van der Waals surface area contributed by atoms with Gasteiger partial charge in [-0.15, -0.1) is 0 Å². The van der Waals surface area contributed by atoms with Gasteiger partial charge in [0.2, 0.25) is 11.8 Å². The molecule has 0 aromatic carbocycles. The predicted molar refractivity (Wildman–Crippen MR) is 70.0 cm³/mol. The van der Waals surface area contributed by atoms with E-state index in [0.717, 1.165) is 25.7 Å². The molecule has 1 heterocycles. The van der Waals surface area contributed by atoms with Crippen molar-refractivity contribution in [3.8, 4) is 0 Å². The molecule has 0 aromatic rings. The summed E-state index contributed by atoms with van der Waals surface area (Å²) in [6.45, 7) is 6.89. The summed E-state index contributed by atoms with van der Waals surface area (Å²) in [6.07, 6.45) is 4.12. The van der Waals surface area contributed by atoms with E-state index in [4.69, 9.17) is 0 Å². The fourth-order valence-corrected chi connectivity index (χ4v) is 3.05. The molecule has 0 aromatic heterocycles. The molecular weight excluding hydrogens is 228 g/mol. The second kappa shape index (κ2) is 4.90. The van der Waals surface area contributed by atoms with E-state index in [-0.39, 0.29) is 17.9 Å². The average Bonchev–Trinajstić information content (AvgIpc) is 2.73. The second-order valence-electron chi connectivity index (χ2n) is 6.07. The summed E-state index contributed by atoms with van der Waals surface area (Å²) < 4.78 is 0. The van der Waals surface area contributed by atoms with Gasteiger partial charge in [0.25, 0.3) is 0 Å². The van der Waals surface area contributed by atoms with Crippen molar-refractivity contribution in [2.75, 3.05) is 6.54 Å². The molecule has 1 saturated heterocycles. The first-order chi connectivity index (χ1) is 8.46. The molecule has 1 atom stereocenters. The number of hydrogen-bond donors (Lipinski definition) is 1. The van der Waals surface area contributed by atoms with E-state index in [1.807, 2.05) is 4.90 Å². The van der Waals surface area contributed by atoms with Gasteiger partial charge < -0.3 is 10.2 Å². The Kier molecular flexibility index (Phi) is 3.64. The van der Waals surface area contributed by atoms with Crippen molar-refractivity contribution in [2.24, 2.45) is 5.92 Å². The Labute approximate surface area is 109 Å². The lowest BCUT2D eigenvalue weighted by Gasteiger charge is -2.36. The van der Waals surface area contributed by atoms with Crippen molar-refractivity contribution in [3.63, 3.8) is 0 Å². The lowest BCUT2D eigenvalue weighted by atomic mass is 9.94. The van der Waals surface area contributed by atoms with Crippen LogP contribution in [0.4, 0.5) is 0 Å².